The first-order valence-corrected chi connectivity index (χ1v) is 5.11. The molecule has 0 saturated carbocycles. The van der Waals surface area contributed by atoms with Gasteiger partial charge in [-0.1, -0.05) is 0 Å². The van der Waals surface area contributed by atoms with E-state index in [1.165, 1.54) is 7.11 Å². The zero-order chi connectivity index (χ0) is 12.7. The molecule has 0 bridgehead atoms. The van der Waals surface area contributed by atoms with Crippen LogP contribution < -0.4 is 10.1 Å². The lowest BCUT2D eigenvalue weighted by Crippen LogP contribution is -2.14. The van der Waals surface area contributed by atoms with Crippen molar-refractivity contribution in [2.24, 2.45) is 0 Å². The first-order valence-electron chi connectivity index (χ1n) is 5.11. The molecule has 1 N–H and O–H groups in total. The quantitative estimate of drug-likeness (QED) is 0.740. The Kier molecular flexibility index (Phi) is 5.55. The van der Waals surface area contributed by atoms with Crippen LogP contribution in [0, 0.1) is 6.92 Å². The first kappa shape index (κ1) is 13.6. The summed E-state index contributed by atoms with van der Waals surface area (Å²) < 4.78 is 33.2. The number of nitrogens with zero attached hydrogens (tertiary/aromatic N) is 2. The van der Waals surface area contributed by atoms with Gasteiger partial charge in [-0.2, -0.15) is 4.98 Å². The highest BCUT2D eigenvalue weighted by Gasteiger charge is 2.03. The number of ether oxygens (including phenoxy) is 2. The van der Waals surface area contributed by atoms with Gasteiger partial charge in [-0.25, -0.2) is 13.8 Å². The average molecular weight is 247 g/mol. The number of aromatic nitrogens is 2. The summed E-state index contributed by atoms with van der Waals surface area (Å²) in [5, 5.41) is 2.86. The molecule has 0 spiro atoms. The third-order valence-electron chi connectivity index (χ3n) is 1.81. The van der Waals surface area contributed by atoms with Crippen LogP contribution in [-0.2, 0) is 4.74 Å². The van der Waals surface area contributed by atoms with E-state index >= 15 is 0 Å². The Hall–Kier alpha value is -1.50. The molecule has 0 aromatic carbocycles. The van der Waals surface area contributed by atoms with Crippen molar-refractivity contribution < 1.29 is 18.3 Å². The summed E-state index contributed by atoms with van der Waals surface area (Å²) in [4.78, 5) is 8.15. The van der Waals surface area contributed by atoms with Gasteiger partial charge < -0.3 is 14.8 Å². The molecule has 17 heavy (non-hydrogen) atoms. The summed E-state index contributed by atoms with van der Waals surface area (Å²) in [6.07, 6.45) is -2.44. The standard InChI is InChI=1S/C10H15F2N3O2/c1-7-5-9(16-2)15-10(14-7)13-3-4-17-6-8(11)12/h5,8H,3-4,6H2,1-2H3,(H,13,14,15). The van der Waals surface area contributed by atoms with Gasteiger partial charge >= 0.3 is 0 Å². The minimum atomic E-state index is -2.44. The number of alkyl halides is 2. The minimum Gasteiger partial charge on any atom is -0.481 e. The molecular weight excluding hydrogens is 232 g/mol. The van der Waals surface area contributed by atoms with Crippen LogP contribution in [0.1, 0.15) is 5.69 Å². The van der Waals surface area contributed by atoms with Crippen LogP contribution in [0.3, 0.4) is 0 Å². The van der Waals surface area contributed by atoms with Crippen LogP contribution in [-0.4, -0.2) is 43.3 Å². The molecule has 0 aliphatic rings. The summed E-state index contributed by atoms with van der Waals surface area (Å²) in [6.45, 7) is 1.78. The number of hydrogen-bond donors (Lipinski definition) is 1. The van der Waals surface area contributed by atoms with Crippen molar-refractivity contribution >= 4 is 5.95 Å². The Morgan fingerprint density at radius 3 is 2.82 bits per heavy atom. The van der Waals surface area contributed by atoms with Crippen LogP contribution in [0.25, 0.3) is 0 Å². The largest absolute Gasteiger partial charge is 0.481 e. The monoisotopic (exact) mass is 247 g/mol. The number of hydrogen-bond acceptors (Lipinski definition) is 5. The third kappa shape index (κ3) is 5.39. The van der Waals surface area contributed by atoms with E-state index in [-0.39, 0.29) is 6.61 Å². The Labute approximate surface area is 98.2 Å². The average Bonchev–Trinajstić information content (AvgIpc) is 2.27. The molecule has 1 heterocycles. The lowest BCUT2D eigenvalue weighted by atomic mass is 10.4. The van der Waals surface area contributed by atoms with E-state index in [2.05, 4.69) is 15.3 Å². The van der Waals surface area contributed by atoms with E-state index in [1.807, 2.05) is 6.92 Å². The van der Waals surface area contributed by atoms with Crippen LogP contribution in [0.2, 0.25) is 0 Å². The van der Waals surface area contributed by atoms with Crippen molar-refractivity contribution in [2.45, 2.75) is 13.3 Å². The maximum Gasteiger partial charge on any atom is 0.261 e. The second-order valence-corrected chi connectivity index (χ2v) is 3.27. The van der Waals surface area contributed by atoms with Gasteiger partial charge in [-0.15, -0.1) is 0 Å². The molecule has 0 saturated heterocycles. The number of aryl methyl sites for hydroxylation is 1. The molecule has 0 atom stereocenters. The summed E-state index contributed by atoms with van der Waals surface area (Å²) in [6, 6.07) is 1.69. The minimum absolute atomic E-state index is 0.171. The Bertz CT molecular complexity index is 350. The molecule has 0 fully saturated rings. The molecule has 0 aliphatic heterocycles. The number of nitrogens with one attached hydrogen (secondary N) is 1. The molecule has 5 nitrogen and oxygen atoms in total. The highest BCUT2D eigenvalue weighted by Crippen LogP contribution is 2.10. The maximum absolute atomic E-state index is 11.8. The molecule has 1 rings (SSSR count). The highest BCUT2D eigenvalue weighted by molar-refractivity contribution is 5.30. The number of methoxy groups -OCH3 is 1. The van der Waals surface area contributed by atoms with Gasteiger partial charge in [0.15, 0.2) is 0 Å². The fourth-order valence-electron chi connectivity index (χ4n) is 1.13. The molecule has 7 heteroatoms. The molecule has 0 unspecified atom stereocenters. The van der Waals surface area contributed by atoms with Gasteiger partial charge in [0.25, 0.3) is 6.43 Å². The summed E-state index contributed by atoms with van der Waals surface area (Å²) in [5.74, 6) is 0.844. The van der Waals surface area contributed by atoms with E-state index in [0.29, 0.717) is 18.4 Å². The number of rotatable bonds is 7. The van der Waals surface area contributed by atoms with E-state index in [1.54, 1.807) is 6.07 Å². The Balaban J connectivity index is 2.33. The lowest BCUT2D eigenvalue weighted by Gasteiger charge is -2.07. The Morgan fingerprint density at radius 2 is 2.18 bits per heavy atom. The molecule has 1 aromatic rings. The number of halogens is 2. The van der Waals surface area contributed by atoms with Gasteiger partial charge in [-0.3, -0.25) is 0 Å². The summed E-state index contributed by atoms with van der Waals surface area (Å²) >= 11 is 0. The molecular formula is C10H15F2N3O2. The van der Waals surface area contributed by atoms with Gasteiger partial charge in [0.1, 0.15) is 6.61 Å². The fraction of sp³-hybridized carbons (Fsp3) is 0.600. The van der Waals surface area contributed by atoms with E-state index < -0.39 is 13.0 Å². The van der Waals surface area contributed by atoms with Crippen LogP contribution in [0.5, 0.6) is 5.88 Å². The van der Waals surface area contributed by atoms with E-state index in [9.17, 15) is 8.78 Å². The number of anilines is 1. The van der Waals surface area contributed by atoms with Crippen molar-refractivity contribution in [1.29, 1.82) is 0 Å². The molecule has 0 radical (unpaired) electrons. The predicted octanol–water partition coefficient (Wildman–Crippen LogP) is 1.49. The van der Waals surface area contributed by atoms with Gasteiger partial charge in [-0.05, 0) is 6.92 Å². The van der Waals surface area contributed by atoms with Gasteiger partial charge in [0.05, 0.1) is 13.7 Å². The summed E-state index contributed by atoms with van der Waals surface area (Å²) in [7, 11) is 1.51. The molecule has 96 valence electrons. The molecule has 0 amide bonds. The van der Waals surface area contributed by atoms with Crippen molar-refractivity contribution in [1.82, 2.24) is 9.97 Å². The second kappa shape index (κ2) is 6.95. The van der Waals surface area contributed by atoms with Crippen molar-refractivity contribution in [3.63, 3.8) is 0 Å². The zero-order valence-corrected chi connectivity index (χ0v) is 9.74. The predicted molar refractivity (Wildman–Crippen MR) is 58.6 cm³/mol. The van der Waals surface area contributed by atoms with Crippen LogP contribution >= 0.6 is 0 Å². The van der Waals surface area contributed by atoms with E-state index in [0.717, 1.165) is 5.69 Å². The van der Waals surface area contributed by atoms with Crippen molar-refractivity contribution in [3.05, 3.63) is 11.8 Å². The smallest absolute Gasteiger partial charge is 0.261 e. The maximum atomic E-state index is 11.8. The second-order valence-electron chi connectivity index (χ2n) is 3.27. The third-order valence-corrected chi connectivity index (χ3v) is 1.81. The van der Waals surface area contributed by atoms with Crippen molar-refractivity contribution in [3.8, 4) is 5.88 Å². The first-order chi connectivity index (χ1) is 8.11. The molecule has 1 aromatic heterocycles. The fourth-order valence-corrected chi connectivity index (χ4v) is 1.13. The zero-order valence-electron chi connectivity index (χ0n) is 9.74. The normalized spacial score (nSPS) is 10.6. The van der Waals surface area contributed by atoms with Crippen LogP contribution in [0.4, 0.5) is 14.7 Å². The summed E-state index contributed by atoms with van der Waals surface area (Å²) in [5.41, 5.74) is 0.757. The van der Waals surface area contributed by atoms with E-state index in [4.69, 9.17) is 9.47 Å². The van der Waals surface area contributed by atoms with Gasteiger partial charge in [0.2, 0.25) is 11.8 Å². The van der Waals surface area contributed by atoms with Crippen LogP contribution in [0.15, 0.2) is 6.07 Å². The lowest BCUT2D eigenvalue weighted by molar-refractivity contribution is 0.0214. The van der Waals surface area contributed by atoms with Crippen molar-refractivity contribution in [2.75, 3.05) is 32.2 Å². The SMILES string of the molecule is COc1cc(C)nc(NCCOCC(F)F)n1. The molecule has 0 aliphatic carbocycles. The highest BCUT2D eigenvalue weighted by atomic mass is 19.3. The van der Waals surface area contributed by atoms with Gasteiger partial charge in [0, 0.05) is 18.3 Å². The Morgan fingerprint density at radius 1 is 1.41 bits per heavy atom. The topological polar surface area (TPSA) is 56.3 Å².